The molecule has 0 radical (unpaired) electrons. The third-order valence-electron chi connectivity index (χ3n) is 5.28. The molecule has 0 saturated carbocycles. The highest BCUT2D eigenvalue weighted by Gasteiger charge is 2.40. The zero-order valence-corrected chi connectivity index (χ0v) is 15.9. The molecule has 0 bridgehead atoms. The Kier molecular flexibility index (Phi) is 4.69. The van der Waals surface area contributed by atoms with E-state index in [2.05, 4.69) is 22.8 Å². The molecule has 1 amide bonds. The van der Waals surface area contributed by atoms with E-state index in [1.54, 1.807) is 0 Å². The van der Waals surface area contributed by atoms with E-state index in [0.29, 0.717) is 0 Å². The molecule has 1 fully saturated rings. The Morgan fingerprint density at radius 3 is 2.85 bits per heavy atom. The van der Waals surface area contributed by atoms with Crippen LogP contribution in [0.4, 0.5) is 5.69 Å². The minimum Gasteiger partial charge on any atom is -0.482 e. The number of thiophene rings is 1. The minimum atomic E-state index is -0.104. The number of carbonyl (C=O) groups excluding carboxylic acids is 1. The van der Waals surface area contributed by atoms with Crippen LogP contribution >= 0.6 is 23.7 Å². The highest BCUT2D eigenvalue weighted by Crippen LogP contribution is 2.47. The van der Waals surface area contributed by atoms with E-state index in [9.17, 15) is 4.79 Å². The molecule has 5 nitrogen and oxygen atoms in total. The molecule has 1 aromatic carbocycles. The van der Waals surface area contributed by atoms with Crippen LogP contribution in [0, 0.1) is 0 Å². The van der Waals surface area contributed by atoms with Crippen LogP contribution in [0.2, 0.25) is 0 Å². The second kappa shape index (κ2) is 6.85. The Hall–Kier alpha value is -1.60. The molecule has 1 aromatic heterocycles. The molecular formula is C19H21ClN2O3S. The van der Waals surface area contributed by atoms with E-state index in [0.717, 1.165) is 56.0 Å². The van der Waals surface area contributed by atoms with Gasteiger partial charge in [0.1, 0.15) is 11.4 Å². The van der Waals surface area contributed by atoms with Crippen molar-refractivity contribution in [2.75, 3.05) is 31.6 Å². The number of piperidine rings is 1. The Morgan fingerprint density at radius 2 is 2.00 bits per heavy atom. The summed E-state index contributed by atoms with van der Waals surface area (Å²) >= 11 is 1.84. The number of amides is 1. The van der Waals surface area contributed by atoms with E-state index >= 15 is 0 Å². The van der Waals surface area contributed by atoms with Crippen LogP contribution < -0.4 is 15.4 Å². The Balaban J connectivity index is 0.00000168. The van der Waals surface area contributed by atoms with Gasteiger partial charge in [-0.05, 0) is 67.7 Å². The lowest BCUT2D eigenvalue weighted by molar-refractivity contribution is -0.118. The lowest BCUT2D eigenvalue weighted by Gasteiger charge is -2.40. The van der Waals surface area contributed by atoms with Crippen molar-refractivity contribution < 1.29 is 14.3 Å². The highest BCUT2D eigenvalue weighted by molar-refractivity contribution is 7.15. The number of fused-ring (bicyclic) bond motifs is 3. The second-order valence-electron chi connectivity index (χ2n) is 6.86. The van der Waals surface area contributed by atoms with E-state index in [-0.39, 0.29) is 30.5 Å². The predicted molar refractivity (Wildman–Crippen MR) is 105 cm³/mol. The summed E-state index contributed by atoms with van der Waals surface area (Å²) in [6.45, 7) is 2.91. The number of hydrogen-bond donors (Lipinski definition) is 2. The average Bonchev–Trinajstić information content (AvgIpc) is 3.08. The van der Waals surface area contributed by atoms with Crippen LogP contribution in [0.1, 0.15) is 23.3 Å². The van der Waals surface area contributed by atoms with Crippen LogP contribution in [0.5, 0.6) is 5.75 Å². The maximum absolute atomic E-state index is 11.6. The normalized spacial score (nSPS) is 20.4. The van der Waals surface area contributed by atoms with Gasteiger partial charge in [0.25, 0.3) is 5.91 Å². The first-order valence-corrected chi connectivity index (χ1v) is 9.60. The third-order valence-corrected chi connectivity index (χ3v) is 6.69. The zero-order chi connectivity index (χ0) is 16.9. The van der Waals surface area contributed by atoms with Gasteiger partial charge in [-0.1, -0.05) is 0 Å². The van der Waals surface area contributed by atoms with Crippen LogP contribution in [0.3, 0.4) is 0 Å². The number of hydrogen-bond acceptors (Lipinski definition) is 5. The number of carbonyl (C=O) groups is 1. The quantitative estimate of drug-likeness (QED) is 0.781. The number of nitrogens with one attached hydrogen (secondary N) is 2. The summed E-state index contributed by atoms with van der Waals surface area (Å²) in [6, 6.07) is 8.34. The van der Waals surface area contributed by atoms with Gasteiger partial charge >= 0.3 is 0 Å². The number of anilines is 1. The van der Waals surface area contributed by atoms with Gasteiger partial charge in [0.05, 0.1) is 12.3 Å². The number of ether oxygens (including phenoxy) is 2. The molecule has 3 aliphatic heterocycles. The fourth-order valence-electron chi connectivity index (χ4n) is 4.00. The zero-order valence-electron chi connectivity index (χ0n) is 14.3. The molecule has 7 heteroatoms. The van der Waals surface area contributed by atoms with Gasteiger partial charge in [-0.2, -0.15) is 0 Å². The van der Waals surface area contributed by atoms with Crippen molar-refractivity contribution in [2.45, 2.75) is 24.9 Å². The molecule has 26 heavy (non-hydrogen) atoms. The summed E-state index contributed by atoms with van der Waals surface area (Å²) in [5, 5.41) is 6.33. The van der Waals surface area contributed by atoms with Gasteiger partial charge in [-0.25, -0.2) is 0 Å². The Labute approximate surface area is 162 Å². The van der Waals surface area contributed by atoms with Gasteiger partial charge in [0.15, 0.2) is 6.61 Å². The van der Waals surface area contributed by atoms with Crippen LogP contribution in [-0.2, 0) is 21.6 Å². The molecule has 0 aliphatic carbocycles. The lowest BCUT2D eigenvalue weighted by Crippen LogP contribution is -2.43. The monoisotopic (exact) mass is 392 g/mol. The lowest BCUT2D eigenvalue weighted by atomic mass is 9.86. The van der Waals surface area contributed by atoms with Crippen molar-refractivity contribution in [3.63, 3.8) is 0 Å². The topological polar surface area (TPSA) is 59.6 Å². The van der Waals surface area contributed by atoms with Gasteiger partial charge < -0.3 is 20.1 Å². The summed E-state index contributed by atoms with van der Waals surface area (Å²) < 4.78 is 11.7. The van der Waals surface area contributed by atoms with Crippen LogP contribution in [0.25, 0.3) is 10.4 Å². The highest BCUT2D eigenvalue weighted by atomic mass is 35.5. The molecule has 138 valence electrons. The fourth-order valence-corrected chi connectivity index (χ4v) is 5.41. The second-order valence-corrected chi connectivity index (χ2v) is 7.91. The molecular weight excluding hydrogens is 372 g/mol. The minimum absolute atomic E-state index is 0. The standard InChI is InChI=1S/C19H20N2O3S.ClH/c22-17-11-23-15-2-1-12(9-14(15)21-17)16-10-13-3-8-24-19(18(13)25-16)4-6-20-7-5-19;/h1-2,9-10,20H,3-8,11H2,(H,21,22);1H. The van der Waals surface area contributed by atoms with Gasteiger partial charge in [0, 0.05) is 9.75 Å². The SMILES string of the molecule is Cl.O=C1COc2ccc(-c3cc4c(s3)C3(CCNCC3)OCC4)cc2N1. The van der Waals surface area contributed by atoms with Crippen LogP contribution in [0.15, 0.2) is 24.3 Å². The molecule has 2 N–H and O–H groups in total. The number of rotatable bonds is 1. The molecule has 3 aliphatic rings. The van der Waals surface area contributed by atoms with Crippen molar-refractivity contribution >= 4 is 35.3 Å². The fraction of sp³-hybridized carbons (Fsp3) is 0.421. The van der Waals surface area contributed by atoms with E-state index in [1.807, 2.05) is 23.5 Å². The molecule has 4 heterocycles. The first-order chi connectivity index (χ1) is 12.2. The van der Waals surface area contributed by atoms with Gasteiger partial charge in [-0.3, -0.25) is 4.79 Å². The van der Waals surface area contributed by atoms with Crippen molar-refractivity contribution in [1.29, 1.82) is 0 Å². The van der Waals surface area contributed by atoms with E-state index < -0.39 is 0 Å². The summed E-state index contributed by atoms with van der Waals surface area (Å²) in [4.78, 5) is 14.2. The third kappa shape index (κ3) is 2.91. The number of benzene rings is 1. The van der Waals surface area contributed by atoms with Gasteiger partial charge in [-0.15, -0.1) is 23.7 Å². The van der Waals surface area contributed by atoms with Crippen LogP contribution in [-0.4, -0.2) is 32.2 Å². The maximum Gasteiger partial charge on any atom is 0.262 e. The number of halogens is 1. The predicted octanol–water partition coefficient (Wildman–Crippen LogP) is 3.32. The molecule has 0 atom stereocenters. The van der Waals surface area contributed by atoms with Crippen molar-refractivity contribution in [3.8, 4) is 16.2 Å². The molecule has 0 unspecified atom stereocenters. The molecule has 1 saturated heterocycles. The van der Waals surface area contributed by atoms with Crippen molar-refractivity contribution in [1.82, 2.24) is 5.32 Å². The molecule has 5 rings (SSSR count). The Morgan fingerprint density at radius 1 is 1.15 bits per heavy atom. The maximum atomic E-state index is 11.6. The largest absolute Gasteiger partial charge is 0.482 e. The van der Waals surface area contributed by atoms with Crippen molar-refractivity contribution in [3.05, 3.63) is 34.7 Å². The van der Waals surface area contributed by atoms with Gasteiger partial charge in [0.2, 0.25) is 0 Å². The van der Waals surface area contributed by atoms with E-state index in [1.165, 1.54) is 15.3 Å². The molecule has 1 spiro atoms. The molecule has 2 aromatic rings. The van der Waals surface area contributed by atoms with Crippen molar-refractivity contribution in [2.24, 2.45) is 0 Å². The Bertz CT molecular complexity index is 845. The van der Waals surface area contributed by atoms with E-state index in [4.69, 9.17) is 9.47 Å². The first kappa shape index (κ1) is 17.8. The summed E-state index contributed by atoms with van der Waals surface area (Å²) in [5.41, 5.74) is 3.19. The summed E-state index contributed by atoms with van der Waals surface area (Å²) in [7, 11) is 0. The summed E-state index contributed by atoms with van der Waals surface area (Å²) in [6.07, 6.45) is 3.05. The first-order valence-electron chi connectivity index (χ1n) is 8.78. The summed E-state index contributed by atoms with van der Waals surface area (Å²) in [5.74, 6) is 0.639. The smallest absolute Gasteiger partial charge is 0.262 e. The average molecular weight is 393 g/mol.